The highest BCUT2D eigenvalue weighted by Gasteiger charge is 2.47. The Morgan fingerprint density at radius 1 is 1.24 bits per heavy atom. The van der Waals surface area contributed by atoms with Gasteiger partial charge in [-0.15, -0.1) is 0 Å². The lowest BCUT2D eigenvalue weighted by atomic mass is 9.95. The lowest BCUT2D eigenvalue weighted by Gasteiger charge is -2.32. The molecule has 1 aliphatic heterocycles. The predicted molar refractivity (Wildman–Crippen MR) is 85.8 cm³/mol. The zero-order valence-corrected chi connectivity index (χ0v) is 13.0. The van der Waals surface area contributed by atoms with E-state index in [4.69, 9.17) is 0 Å². The van der Waals surface area contributed by atoms with Gasteiger partial charge in [0.1, 0.15) is 5.54 Å². The Morgan fingerprint density at radius 2 is 1.95 bits per heavy atom. The first-order chi connectivity index (χ1) is 10.2. The molecule has 4 nitrogen and oxygen atoms in total. The van der Waals surface area contributed by atoms with E-state index in [1.54, 1.807) is 17.8 Å². The molecule has 3 rings (SSSR count). The third-order valence-electron chi connectivity index (χ3n) is 4.42. The minimum atomic E-state index is -0.686. The Morgan fingerprint density at radius 3 is 2.67 bits per heavy atom. The highest BCUT2D eigenvalue weighted by Crippen LogP contribution is 2.36. The Balaban J connectivity index is 2.06. The smallest absolute Gasteiger partial charge is 0.254 e. The number of carbonyl (C=O) groups is 2. The zero-order valence-electron chi connectivity index (χ0n) is 12.2. The third kappa shape index (κ3) is 2.44. The van der Waals surface area contributed by atoms with E-state index in [0.717, 1.165) is 37.1 Å². The van der Waals surface area contributed by atoms with Crippen LogP contribution >= 0.6 is 11.8 Å². The number of benzene rings is 1. The number of para-hydroxylation sites is 1. The molecule has 1 fully saturated rings. The molecule has 1 aromatic rings. The van der Waals surface area contributed by atoms with Gasteiger partial charge in [0.2, 0.25) is 0 Å². The summed E-state index contributed by atoms with van der Waals surface area (Å²) < 4.78 is 0. The second kappa shape index (κ2) is 5.72. The fourth-order valence-electron chi connectivity index (χ4n) is 3.33. The summed E-state index contributed by atoms with van der Waals surface area (Å²) in [7, 11) is 0. The van der Waals surface area contributed by atoms with Crippen LogP contribution in [-0.4, -0.2) is 35.9 Å². The summed E-state index contributed by atoms with van der Waals surface area (Å²) in [5.74, 6) is 0.810. The Bertz CT molecular complexity index is 567. The van der Waals surface area contributed by atoms with E-state index >= 15 is 0 Å². The molecule has 0 unspecified atom stereocenters. The molecule has 0 aromatic heterocycles. The van der Waals surface area contributed by atoms with Crippen LogP contribution in [0, 0.1) is 0 Å². The molecular formula is C16H20N2O2S. The third-order valence-corrected chi connectivity index (χ3v) is 5.01. The van der Waals surface area contributed by atoms with Crippen molar-refractivity contribution in [2.75, 3.05) is 23.5 Å². The van der Waals surface area contributed by atoms with E-state index in [1.807, 2.05) is 29.4 Å². The average molecular weight is 304 g/mol. The van der Waals surface area contributed by atoms with Gasteiger partial charge < -0.3 is 10.2 Å². The number of hydrogen-bond donors (Lipinski definition) is 1. The zero-order chi connectivity index (χ0) is 14.9. The van der Waals surface area contributed by atoms with Crippen LogP contribution in [0.2, 0.25) is 0 Å². The van der Waals surface area contributed by atoms with Crippen LogP contribution in [0.3, 0.4) is 0 Å². The number of amides is 2. The lowest BCUT2D eigenvalue weighted by Crippen LogP contribution is -2.56. The molecule has 1 N–H and O–H groups in total. The van der Waals surface area contributed by atoms with Gasteiger partial charge in [-0.2, -0.15) is 11.8 Å². The highest BCUT2D eigenvalue weighted by atomic mass is 32.2. The van der Waals surface area contributed by atoms with Gasteiger partial charge in [-0.1, -0.05) is 25.0 Å². The van der Waals surface area contributed by atoms with Crippen molar-refractivity contribution in [3.8, 4) is 0 Å². The first-order valence-corrected chi connectivity index (χ1v) is 8.80. The van der Waals surface area contributed by atoms with Gasteiger partial charge in [-0.3, -0.25) is 9.59 Å². The van der Waals surface area contributed by atoms with Crippen molar-refractivity contribution in [3.63, 3.8) is 0 Å². The van der Waals surface area contributed by atoms with Crippen molar-refractivity contribution in [2.24, 2.45) is 0 Å². The fourth-order valence-corrected chi connectivity index (χ4v) is 3.69. The second-order valence-corrected chi connectivity index (χ2v) is 6.70. The van der Waals surface area contributed by atoms with Crippen molar-refractivity contribution < 1.29 is 9.59 Å². The molecule has 21 heavy (non-hydrogen) atoms. The molecule has 0 radical (unpaired) electrons. The monoisotopic (exact) mass is 304 g/mol. The normalized spacial score (nSPS) is 20.3. The standard InChI is InChI=1S/C16H20N2O2S/c1-21-11-10-18-13-7-3-2-6-12(13)14(19)17-16(15(18)20)8-4-5-9-16/h2-3,6-7H,4-5,8-11H2,1H3,(H,17,19). The first-order valence-electron chi connectivity index (χ1n) is 7.40. The first kappa shape index (κ1) is 14.4. The van der Waals surface area contributed by atoms with Gasteiger partial charge in [0, 0.05) is 12.3 Å². The van der Waals surface area contributed by atoms with Crippen LogP contribution in [0.1, 0.15) is 36.0 Å². The summed E-state index contributed by atoms with van der Waals surface area (Å²) in [6, 6.07) is 7.42. The fraction of sp³-hybridized carbons (Fsp3) is 0.500. The Hall–Kier alpha value is -1.49. The minimum Gasteiger partial charge on any atom is -0.338 e. The summed E-state index contributed by atoms with van der Waals surface area (Å²) in [5.41, 5.74) is 0.669. The van der Waals surface area contributed by atoms with Gasteiger partial charge in [-0.05, 0) is 31.2 Å². The van der Waals surface area contributed by atoms with Crippen molar-refractivity contribution in [1.29, 1.82) is 0 Å². The largest absolute Gasteiger partial charge is 0.338 e. The molecule has 1 aliphatic carbocycles. The SMILES string of the molecule is CSCCN1C(=O)C2(CCCC2)NC(=O)c2ccccc21. The topological polar surface area (TPSA) is 49.4 Å². The van der Waals surface area contributed by atoms with Crippen LogP contribution < -0.4 is 10.2 Å². The average Bonchev–Trinajstić information content (AvgIpc) is 2.94. The molecule has 0 atom stereocenters. The number of rotatable bonds is 3. The van der Waals surface area contributed by atoms with E-state index in [2.05, 4.69) is 5.32 Å². The predicted octanol–water partition coefficient (Wildman–Crippen LogP) is 2.44. The van der Waals surface area contributed by atoms with Crippen molar-refractivity contribution >= 4 is 29.3 Å². The molecule has 1 saturated carbocycles. The molecule has 1 heterocycles. The number of carbonyl (C=O) groups excluding carboxylic acids is 2. The summed E-state index contributed by atoms with van der Waals surface area (Å²) >= 11 is 1.71. The van der Waals surface area contributed by atoms with Crippen LogP contribution in [0.25, 0.3) is 0 Å². The molecule has 2 amide bonds. The Labute approximate surface area is 129 Å². The van der Waals surface area contributed by atoms with Gasteiger partial charge in [-0.25, -0.2) is 0 Å². The molecule has 5 heteroatoms. The van der Waals surface area contributed by atoms with Gasteiger partial charge in [0.05, 0.1) is 11.3 Å². The van der Waals surface area contributed by atoms with Crippen molar-refractivity contribution in [2.45, 2.75) is 31.2 Å². The molecule has 0 bridgehead atoms. The number of fused-ring (bicyclic) bond motifs is 1. The van der Waals surface area contributed by atoms with Gasteiger partial charge >= 0.3 is 0 Å². The van der Waals surface area contributed by atoms with E-state index in [0.29, 0.717) is 12.1 Å². The molecular weight excluding hydrogens is 284 g/mol. The maximum atomic E-state index is 13.1. The van der Waals surface area contributed by atoms with Gasteiger partial charge in [0.15, 0.2) is 0 Å². The number of thioether (sulfide) groups is 1. The van der Waals surface area contributed by atoms with Crippen LogP contribution in [0.15, 0.2) is 24.3 Å². The maximum absolute atomic E-state index is 13.1. The number of hydrogen-bond acceptors (Lipinski definition) is 3. The van der Waals surface area contributed by atoms with Crippen molar-refractivity contribution in [3.05, 3.63) is 29.8 Å². The molecule has 0 saturated heterocycles. The molecule has 112 valence electrons. The summed E-state index contributed by atoms with van der Waals surface area (Å²) in [5, 5.41) is 3.03. The van der Waals surface area contributed by atoms with Gasteiger partial charge in [0.25, 0.3) is 11.8 Å². The van der Waals surface area contributed by atoms with E-state index in [1.165, 1.54) is 0 Å². The van der Waals surface area contributed by atoms with Crippen LogP contribution in [0.4, 0.5) is 5.69 Å². The maximum Gasteiger partial charge on any atom is 0.254 e. The molecule has 1 spiro atoms. The van der Waals surface area contributed by atoms with E-state index in [-0.39, 0.29) is 11.8 Å². The summed E-state index contributed by atoms with van der Waals surface area (Å²) in [6.45, 7) is 0.647. The van der Waals surface area contributed by atoms with Crippen LogP contribution in [-0.2, 0) is 4.79 Å². The van der Waals surface area contributed by atoms with E-state index < -0.39 is 5.54 Å². The lowest BCUT2D eigenvalue weighted by molar-refractivity contribution is -0.124. The van der Waals surface area contributed by atoms with E-state index in [9.17, 15) is 9.59 Å². The molecule has 1 aromatic carbocycles. The minimum absolute atomic E-state index is 0.0624. The number of nitrogens with zero attached hydrogens (tertiary/aromatic N) is 1. The summed E-state index contributed by atoms with van der Waals surface area (Å²) in [6.07, 6.45) is 5.53. The second-order valence-electron chi connectivity index (χ2n) is 5.71. The van der Waals surface area contributed by atoms with Crippen molar-refractivity contribution in [1.82, 2.24) is 5.32 Å². The number of anilines is 1. The molecule has 2 aliphatic rings. The van der Waals surface area contributed by atoms with Crippen LogP contribution in [0.5, 0.6) is 0 Å². The summed E-state index contributed by atoms with van der Waals surface area (Å²) in [4.78, 5) is 27.4. The number of nitrogens with one attached hydrogen (secondary N) is 1. The quantitative estimate of drug-likeness (QED) is 0.933. The Kier molecular flexibility index (Phi) is 3.93. The highest BCUT2D eigenvalue weighted by molar-refractivity contribution is 7.98.